The molecule has 1 saturated heterocycles. The Labute approximate surface area is 245 Å². The topological polar surface area (TPSA) is 57.7 Å². The molecule has 4 aromatic rings. The van der Waals surface area contributed by atoms with Gasteiger partial charge in [0.05, 0.1) is 18.9 Å². The fraction of sp³-hybridized carbons (Fsp3) is 0.312. The lowest BCUT2D eigenvalue weighted by Crippen LogP contribution is -2.44. The lowest BCUT2D eigenvalue weighted by atomic mass is 9.88. The molecule has 0 unspecified atom stereocenters. The van der Waals surface area contributed by atoms with E-state index in [4.69, 9.17) is 21.3 Å². The fourth-order valence-electron chi connectivity index (χ4n) is 5.02. The number of aryl methyl sites for hydroxylation is 1. The molecule has 0 aliphatic carbocycles. The maximum absolute atomic E-state index is 13.6. The zero-order valence-corrected chi connectivity index (χ0v) is 24.3. The number of nitrogens with zero attached hydrogens (tertiary/aromatic N) is 3. The average Bonchev–Trinajstić information content (AvgIpc) is 3.46. The van der Waals surface area contributed by atoms with Crippen LogP contribution in [0.2, 0.25) is 5.02 Å². The number of halogens is 1. The number of urea groups is 1. The first-order valence-corrected chi connectivity index (χ1v) is 15.0. The number of hydrogen-bond acceptors (Lipinski definition) is 5. The minimum Gasteiger partial charge on any atom is -0.379 e. The van der Waals surface area contributed by atoms with Gasteiger partial charge in [0.1, 0.15) is 0 Å². The van der Waals surface area contributed by atoms with Crippen molar-refractivity contribution in [2.45, 2.75) is 19.3 Å². The van der Waals surface area contributed by atoms with E-state index in [1.807, 2.05) is 47.5 Å². The molecule has 1 aromatic heterocycles. The van der Waals surface area contributed by atoms with Gasteiger partial charge in [0.15, 0.2) is 5.13 Å². The highest BCUT2D eigenvalue weighted by Crippen LogP contribution is 2.30. The van der Waals surface area contributed by atoms with Gasteiger partial charge in [0.2, 0.25) is 0 Å². The molecular formula is C32H35ClN4O2S. The first kappa shape index (κ1) is 28.3. The molecule has 5 rings (SSSR count). The summed E-state index contributed by atoms with van der Waals surface area (Å²) in [7, 11) is 0. The van der Waals surface area contributed by atoms with Gasteiger partial charge in [0.25, 0.3) is 0 Å². The van der Waals surface area contributed by atoms with Crippen LogP contribution in [-0.4, -0.2) is 66.8 Å². The lowest BCUT2D eigenvalue weighted by Gasteiger charge is -2.31. The Morgan fingerprint density at radius 1 is 1.02 bits per heavy atom. The Balaban J connectivity index is 1.31. The SMILES string of the molecule is Cc1cc(-c2csc(NC(=O)N(CCC(c3ccccc3)c3ccccc3)CCN3CCOCC3)n2)ccc1Cl. The van der Waals surface area contributed by atoms with E-state index in [1.54, 1.807) is 0 Å². The molecule has 2 amide bonds. The number of thiazole rings is 1. The molecule has 0 atom stereocenters. The van der Waals surface area contributed by atoms with Gasteiger partial charge in [-0.1, -0.05) is 78.3 Å². The minimum atomic E-state index is -0.124. The number of carbonyl (C=O) groups is 1. The molecule has 1 aliphatic heterocycles. The number of aromatic nitrogens is 1. The van der Waals surface area contributed by atoms with Gasteiger partial charge in [-0.05, 0) is 42.2 Å². The van der Waals surface area contributed by atoms with E-state index in [0.717, 1.165) is 61.1 Å². The van der Waals surface area contributed by atoms with E-state index < -0.39 is 0 Å². The first-order valence-electron chi connectivity index (χ1n) is 13.7. The molecule has 0 radical (unpaired) electrons. The summed E-state index contributed by atoms with van der Waals surface area (Å²) < 4.78 is 5.51. The summed E-state index contributed by atoms with van der Waals surface area (Å²) in [4.78, 5) is 22.6. The van der Waals surface area contributed by atoms with Gasteiger partial charge in [-0.25, -0.2) is 9.78 Å². The van der Waals surface area contributed by atoms with Gasteiger partial charge in [-0.2, -0.15) is 0 Å². The summed E-state index contributed by atoms with van der Waals surface area (Å²) in [6.45, 7) is 7.31. The third-order valence-corrected chi connectivity index (χ3v) is 8.52. The Morgan fingerprint density at radius 2 is 1.70 bits per heavy atom. The molecule has 8 heteroatoms. The maximum Gasteiger partial charge on any atom is 0.323 e. The number of rotatable bonds is 10. The third-order valence-electron chi connectivity index (χ3n) is 7.34. The molecule has 1 aliphatic rings. The molecule has 0 saturated carbocycles. The van der Waals surface area contributed by atoms with Crippen molar-refractivity contribution < 1.29 is 9.53 Å². The Kier molecular flexibility index (Phi) is 9.84. The molecule has 2 heterocycles. The van der Waals surface area contributed by atoms with E-state index in [9.17, 15) is 4.79 Å². The normalized spacial score (nSPS) is 13.9. The number of hydrogen-bond donors (Lipinski definition) is 1. The van der Waals surface area contributed by atoms with E-state index in [0.29, 0.717) is 18.2 Å². The number of morpholine rings is 1. The Morgan fingerprint density at radius 3 is 2.35 bits per heavy atom. The van der Waals surface area contributed by atoms with Crippen LogP contribution in [0.25, 0.3) is 11.3 Å². The van der Waals surface area contributed by atoms with Crippen LogP contribution in [0.3, 0.4) is 0 Å². The number of carbonyl (C=O) groups excluding carboxylic acids is 1. The zero-order chi connectivity index (χ0) is 27.7. The number of nitrogens with one attached hydrogen (secondary N) is 1. The van der Waals surface area contributed by atoms with Gasteiger partial charge in [-0.3, -0.25) is 10.2 Å². The van der Waals surface area contributed by atoms with Crippen molar-refractivity contribution in [1.82, 2.24) is 14.8 Å². The average molecular weight is 575 g/mol. The van der Waals surface area contributed by atoms with Crippen LogP contribution in [0.15, 0.2) is 84.2 Å². The zero-order valence-electron chi connectivity index (χ0n) is 22.8. The van der Waals surface area contributed by atoms with Crippen molar-refractivity contribution in [3.63, 3.8) is 0 Å². The lowest BCUT2D eigenvalue weighted by molar-refractivity contribution is 0.0351. The van der Waals surface area contributed by atoms with Crippen LogP contribution in [0.1, 0.15) is 29.0 Å². The second-order valence-corrected chi connectivity index (χ2v) is 11.3. The van der Waals surface area contributed by atoms with E-state index >= 15 is 0 Å². The van der Waals surface area contributed by atoms with Crippen molar-refractivity contribution >= 4 is 34.1 Å². The summed E-state index contributed by atoms with van der Waals surface area (Å²) in [5, 5.41) is 6.36. The third kappa shape index (κ3) is 7.49. The second-order valence-electron chi connectivity index (χ2n) is 10.0. The summed E-state index contributed by atoms with van der Waals surface area (Å²) in [5.74, 6) is 0.195. The largest absolute Gasteiger partial charge is 0.379 e. The molecule has 6 nitrogen and oxygen atoms in total. The maximum atomic E-state index is 13.6. The van der Waals surface area contributed by atoms with Crippen LogP contribution in [0.5, 0.6) is 0 Å². The molecule has 1 N–H and O–H groups in total. The van der Waals surface area contributed by atoms with Crippen molar-refractivity contribution in [1.29, 1.82) is 0 Å². The van der Waals surface area contributed by atoms with E-state index in [2.05, 4.69) is 58.7 Å². The molecule has 208 valence electrons. The first-order chi connectivity index (χ1) is 19.6. The number of benzene rings is 3. The summed E-state index contributed by atoms with van der Waals surface area (Å²) in [6.07, 6.45) is 0.817. The van der Waals surface area contributed by atoms with E-state index in [-0.39, 0.29) is 11.9 Å². The molecule has 3 aromatic carbocycles. The summed E-state index contributed by atoms with van der Waals surface area (Å²) in [5.41, 5.74) is 5.32. The van der Waals surface area contributed by atoms with Crippen LogP contribution in [0.4, 0.5) is 9.93 Å². The number of ether oxygens (including phenoxy) is 1. The minimum absolute atomic E-state index is 0.124. The van der Waals surface area contributed by atoms with Crippen molar-refractivity contribution in [3.8, 4) is 11.3 Å². The molecule has 0 bridgehead atoms. The quantitative estimate of drug-likeness (QED) is 0.218. The van der Waals surface area contributed by atoms with Crippen LogP contribution in [0, 0.1) is 6.92 Å². The second kappa shape index (κ2) is 13.9. The summed E-state index contributed by atoms with van der Waals surface area (Å²) >= 11 is 7.64. The highest BCUT2D eigenvalue weighted by Gasteiger charge is 2.21. The Bertz CT molecular complexity index is 1340. The highest BCUT2D eigenvalue weighted by atomic mass is 35.5. The number of anilines is 1. The molecule has 0 spiro atoms. The van der Waals surface area contributed by atoms with Crippen molar-refractivity contribution in [2.24, 2.45) is 0 Å². The van der Waals surface area contributed by atoms with Gasteiger partial charge >= 0.3 is 6.03 Å². The molecule has 40 heavy (non-hydrogen) atoms. The predicted molar refractivity (Wildman–Crippen MR) is 164 cm³/mol. The standard InChI is InChI=1S/C32H35ClN4O2S/c1-24-22-27(12-13-29(24)33)30-23-40-31(34-30)35-32(38)37(17-16-36-18-20-39-21-19-36)15-14-28(25-8-4-2-5-9-25)26-10-6-3-7-11-26/h2-13,22-23,28H,14-21H2,1H3,(H,34,35,38). The monoisotopic (exact) mass is 574 g/mol. The van der Waals surface area contributed by atoms with Crippen LogP contribution < -0.4 is 5.32 Å². The van der Waals surface area contributed by atoms with Crippen molar-refractivity contribution in [3.05, 3.63) is 106 Å². The van der Waals surface area contributed by atoms with Gasteiger partial charge in [-0.15, -0.1) is 11.3 Å². The van der Waals surface area contributed by atoms with Crippen LogP contribution >= 0.6 is 22.9 Å². The fourth-order valence-corrected chi connectivity index (χ4v) is 5.85. The van der Waals surface area contributed by atoms with E-state index in [1.165, 1.54) is 22.5 Å². The summed E-state index contributed by atoms with van der Waals surface area (Å²) in [6, 6.07) is 26.8. The van der Waals surface area contributed by atoms with Gasteiger partial charge < -0.3 is 9.64 Å². The highest BCUT2D eigenvalue weighted by molar-refractivity contribution is 7.14. The molecular weight excluding hydrogens is 540 g/mol. The molecule has 1 fully saturated rings. The number of amides is 2. The Hall–Kier alpha value is -3.23. The van der Waals surface area contributed by atoms with Crippen molar-refractivity contribution in [2.75, 3.05) is 51.3 Å². The smallest absolute Gasteiger partial charge is 0.323 e. The van der Waals surface area contributed by atoms with Crippen LogP contribution in [-0.2, 0) is 4.74 Å². The predicted octanol–water partition coefficient (Wildman–Crippen LogP) is 7.16. The van der Waals surface area contributed by atoms with Gasteiger partial charge in [0, 0.05) is 54.6 Å².